The van der Waals surface area contributed by atoms with Gasteiger partial charge in [-0.05, 0) is 70.9 Å². The molecule has 116 valence electrons. The highest BCUT2D eigenvalue weighted by atomic mass is 16.5. The van der Waals surface area contributed by atoms with E-state index in [1.165, 1.54) is 5.56 Å². The molecule has 1 aliphatic rings. The van der Waals surface area contributed by atoms with E-state index in [1.807, 2.05) is 39.0 Å². The zero-order chi connectivity index (χ0) is 15.4. The lowest BCUT2D eigenvalue weighted by Crippen LogP contribution is -2.47. The van der Waals surface area contributed by atoms with Gasteiger partial charge in [0.2, 0.25) is 0 Å². The second kappa shape index (κ2) is 6.94. The fourth-order valence-electron chi connectivity index (χ4n) is 2.57. The zero-order valence-corrected chi connectivity index (χ0v) is 13.5. The molecule has 1 N–H and O–H groups in total. The predicted molar refractivity (Wildman–Crippen MR) is 84.7 cm³/mol. The Balaban J connectivity index is 1.89. The Morgan fingerprint density at radius 1 is 1.33 bits per heavy atom. The Labute approximate surface area is 127 Å². The first-order valence-corrected chi connectivity index (χ1v) is 7.69. The van der Waals surface area contributed by atoms with Crippen molar-refractivity contribution in [1.29, 1.82) is 0 Å². The van der Waals surface area contributed by atoms with Crippen molar-refractivity contribution in [3.63, 3.8) is 0 Å². The van der Waals surface area contributed by atoms with Gasteiger partial charge in [0.1, 0.15) is 5.75 Å². The van der Waals surface area contributed by atoms with Crippen molar-refractivity contribution in [2.24, 2.45) is 0 Å². The number of carbonyl (C=O) groups excluding carboxylic acids is 1. The Kier molecular flexibility index (Phi) is 5.23. The molecule has 0 aliphatic carbocycles. The lowest BCUT2D eigenvalue weighted by Gasteiger charge is -2.30. The Hall–Kier alpha value is -1.55. The van der Waals surface area contributed by atoms with Crippen molar-refractivity contribution < 1.29 is 9.53 Å². The molecule has 4 nitrogen and oxygen atoms in total. The summed E-state index contributed by atoms with van der Waals surface area (Å²) in [6.45, 7) is 7.96. The van der Waals surface area contributed by atoms with E-state index >= 15 is 0 Å². The highest BCUT2D eigenvalue weighted by Crippen LogP contribution is 2.21. The molecule has 1 saturated heterocycles. The Morgan fingerprint density at radius 2 is 2.00 bits per heavy atom. The molecule has 4 heteroatoms. The maximum absolute atomic E-state index is 12.2. The summed E-state index contributed by atoms with van der Waals surface area (Å²) >= 11 is 0. The van der Waals surface area contributed by atoms with Gasteiger partial charge in [-0.2, -0.15) is 0 Å². The molecular weight excluding hydrogens is 264 g/mol. The number of ether oxygens (including phenoxy) is 1. The van der Waals surface area contributed by atoms with Crippen molar-refractivity contribution >= 4 is 5.91 Å². The minimum absolute atomic E-state index is 0.0227. The third-order valence-corrected chi connectivity index (χ3v) is 4.29. The van der Waals surface area contributed by atoms with Crippen LogP contribution >= 0.6 is 0 Å². The molecule has 1 amide bonds. The third-order valence-electron chi connectivity index (χ3n) is 4.29. The Morgan fingerprint density at radius 3 is 2.67 bits per heavy atom. The van der Waals surface area contributed by atoms with Gasteiger partial charge in [-0.25, -0.2) is 0 Å². The molecule has 1 aromatic carbocycles. The largest absolute Gasteiger partial charge is 0.481 e. The monoisotopic (exact) mass is 290 g/mol. The smallest absolute Gasteiger partial charge is 0.260 e. The van der Waals surface area contributed by atoms with E-state index in [0.29, 0.717) is 0 Å². The SMILES string of the molecule is Cc1cccc(O[C@@H](C)C(=O)NC2CCN(C)CC2)c1C. The van der Waals surface area contributed by atoms with E-state index in [2.05, 4.69) is 17.3 Å². The van der Waals surface area contributed by atoms with Crippen LogP contribution in [0, 0.1) is 13.8 Å². The average molecular weight is 290 g/mol. The maximum atomic E-state index is 12.2. The molecule has 0 unspecified atom stereocenters. The minimum Gasteiger partial charge on any atom is -0.481 e. The molecule has 1 fully saturated rings. The van der Waals surface area contributed by atoms with Gasteiger partial charge in [0.25, 0.3) is 5.91 Å². The number of hydrogen-bond acceptors (Lipinski definition) is 3. The summed E-state index contributed by atoms with van der Waals surface area (Å²) in [5.41, 5.74) is 2.27. The molecule has 1 aromatic rings. The summed E-state index contributed by atoms with van der Waals surface area (Å²) in [6.07, 6.45) is 1.56. The fourth-order valence-corrected chi connectivity index (χ4v) is 2.57. The number of nitrogens with zero attached hydrogens (tertiary/aromatic N) is 1. The van der Waals surface area contributed by atoms with Crippen LogP contribution < -0.4 is 10.1 Å². The normalized spacial score (nSPS) is 18.3. The van der Waals surface area contributed by atoms with Crippen LogP contribution in [-0.2, 0) is 4.79 Å². The summed E-state index contributed by atoms with van der Waals surface area (Å²) < 4.78 is 5.83. The molecule has 1 aliphatic heterocycles. The number of rotatable bonds is 4. The highest BCUT2D eigenvalue weighted by molar-refractivity contribution is 5.81. The standard InChI is InChI=1S/C17H26N2O2/c1-12-6-5-7-16(13(12)2)21-14(3)17(20)18-15-8-10-19(4)11-9-15/h5-7,14-15H,8-11H2,1-4H3,(H,18,20)/t14-/m0/s1. The molecule has 2 rings (SSSR count). The number of benzene rings is 1. The van der Waals surface area contributed by atoms with Crippen LogP contribution in [0.25, 0.3) is 0 Å². The molecule has 0 aromatic heterocycles. The third kappa shape index (κ3) is 4.21. The quantitative estimate of drug-likeness (QED) is 0.925. The van der Waals surface area contributed by atoms with Gasteiger partial charge in [0, 0.05) is 6.04 Å². The van der Waals surface area contributed by atoms with E-state index in [9.17, 15) is 4.79 Å². The van der Waals surface area contributed by atoms with E-state index in [0.717, 1.165) is 37.2 Å². The van der Waals surface area contributed by atoms with Crippen LogP contribution in [-0.4, -0.2) is 43.1 Å². The molecule has 0 saturated carbocycles. The van der Waals surface area contributed by atoms with Gasteiger partial charge < -0.3 is 15.0 Å². The second-order valence-corrected chi connectivity index (χ2v) is 6.04. The molecule has 1 heterocycles. The maximum Gasteiger partial charge on any atom is 0.260 e. The summed E-state index contributed by atoms with van der Waals surface area (Å²) in [6, 6.07) is 6.20. The zero-order valence-electron chi connectivity index (χ0n) is 13.5. The molecule has 0 spiro atoms. The van der Waals surface area contributed by atoms with Crippen molar-refractivity contribution in [2.45, 2.75) is 45.8 Å². The number of carbonyl (C=O) groups is 1. The number of likely N-dealkylation sites (tertiary alicyclic amines) is 1. The number of piperidine rings is 1. The van der Waals surface area contributed by atoms with Crippen molar-refractivity contribution in [2.75, 3.05) is 20.1 Å². The number of hydrogen-bond donors (Lipinski definition) is 1. The van der Waals surface area contributed by atoms with E-state index in [1.54, 1.807) is 0 Å². The van der Waals surface area contributed by atoms with Crippen molar-refractivity contribution in [3.05, 3.63) is 29.3 Å². The molecule has 0 bridgehead atoms. The van der Waals surface area contributed by atoms with Gasteiger partial charge in [-0.15, -0.1) is 0 Å². The first kappa shape index (κ1) is 15.8. The van der Waals surface area contributed by atoms with Crippen molar-refractivity contribution in [1.82, 2.24) is 10.2 Å². The van der Waals surface area contributed by atoms with Crippen LogP contribution in [0.2, 0.25) is 0 Å². The van der Waals surface area contributed by atoms with Gasteiger partial charge in [0.05, 0.1) is 0 Å². The van der Waals surface area contributed by atoms with Gasteiger partial charge in [0.15, 0.2) is 6.10 Å². The Bertz CT molecular complexity index is 494. The van der Waals surface area contributed by atoms with Crippen LogP contribution in [0.15, 0.2) is 18.2 Å². The number of aryl methyl sites for hydroxylation is 1. The van der Waals surface area contributed by atoms with Crippen LogP contribution in [0.1, 0.15) is 30.9 Å². The first-order valence-electron chi connectivity index (χ1n) is 7.69. The van der Waals surface area contributed by atoms with E-state index in [-0.39, 0.29) is 11.9 Å². The first-order chi connectivity index (χ1) is 9.97. The molecular formula is C17H26N2O2. The summed E-state index contributed by atoms with van der Waals surface area (Å²) in [4.78, 5) is 14.5. The predicted octanol–water partition coefficient (Wildman–Crippen LogP) is 2.28. The molecule has 1 atom stereocenters. The van der Waals surface area contributed by atoms with Gasteiger partial charge in [-0.3, -0.25) is 4.79 Å². The summed E-state index contributed by atoms with van der Waals surface area (Å²) in [7, 11) is 2.12. The van der Waals surface area contributed by atoms with Gasteiger partial charge in [-0.1, -0.05) is 12.1 Å². The molecule has 21 heavy (non-hydrogen) atoms. The average Bonchev–Trinajstić information content (AvgIpc) is 2.46. The van der Waals surface area contributed by atoms with E-state index < -0.39 is 6.10 Å². The van der Waals surface area contributed by atoms with Crippen LogP contribution in [0.3, 0.4) is 0 Å². The summed E-state index contributed by atoms with van der Waals surface area (Å²) in [5.74, 6) is 0.770. The second-order valence-electron chi connectivity index (χ2n) is 6.04. The van der Waals surface area contributed by atoms with Crippen LogP contribution in [0.4, 0.5) is 0 Å². The lowest BCUT2D eigenvalue weighted by molar-refractivity contribution is -0.128. The fraction of sp³-hybridized carbons (Fsp3) is 0.588. The number of nitrogens with one attached hydrogen (secondary N) is 1. The summed E-state index contributed by atoms with van der Waals surface area (Å²) in [5, 5.41) is 3.10. The highest BCUT2D eigenvalue weighted by Gasteiger charge is 2.22. The minimum atomic E-state index is -0.467. The number of amides is 1. The topological polar surface area (TPSA) is 41.6 Å². The van der Waals surface area contributed by atoms with Crippen LogP contribution in [0.5, 0.6) is 5.75 Å². The van der Waals surface area contributed by atoms with E-state index in [4.69, 9.17) is 4.74 Å². The van der Waals surface area contributed by atoms with Gasteiger partial charge >= 0.3 is 0 Å². The van der Waals surface area contributed by atoms with Crippen molar-refractivity contribution in [3.8, 4) is 5.75 Å². The lowest BCUT2D eigenvalue weighted by atomic mass is 10.1. The molecule has 0 radical (unpaired) electrons.